The number of fused-ring (bicyclic) bond motifs is 1. The lowest BCUT2D eigenvalue weighted by molar-refractivity contribution is -0.141. The van der Waals surface area contributed by atoms with Gasteiger partial charge in [-0.1, -0.05) is 6.92 Å². The third-order valence-electron chi connectivity index (χ3n) is 3.16. The van der Waals surface area contributed by atoms with Crippen molar-refractivity contribution in [3.63, 3.8) is 0 Å². The molecule has 0 spiro atoms. The Kier molecular flexibility index (Phi) is 4.42. The van der Waals surface area contributed by atoms with Gasteiger partial charge in [0.25, 0.3) is 11.8 Å². The first-order valence-electron chi connectivity index (χ1n) is 6.55. The zero-order chi connectivity index (χ0) is 15.4. The summed E-state index contributed by atoms with van der Waals surface area (Å²) in [5.74, 6) is -1.49. The van der Waals surface area contributed by atoms with E-state index in [1.54, 1.807) is 25.1 Å². The van der Waals surface area contributed by atoms with Crippen molar-refractivity contribution in [3.8, 4) is 5.75 Å². The summed E-state index contributed by atoms with van der Waals surface area (Å²) in [6, 6.07) is 4.72. The van der Waals surface area contributed by atoms with Crippen LogP contribution in [0.3, 0.4) is 0 Å². The van der Waals surface area contributed by atoms with Crippen LogP contribution in [0.25, 0.3) is 0 Å². The molecule has 2 rings (SSSR count). The number of carboxylic acid groups (broad SMARTS) is 1. The molecule has 0 fully saturated rings. The maximum Gasteiger partial charge on any atom is 0.306 e. The summed E-state index contributed by atoms with van der Waals surface area (Å²) >= 11 is 0. The van der Waals surface area contributed by atoms with Crippen molar-refractivity contribution in [2.75, 3.05) is 18.5 Å². The van der Waals surface area contributed by atoms with E-state index in [0.29, 0.717) is 23.4 Å². The Morgan fingerprint density at radius 2 is 2.24 bits per heavy atom. The molecular formula is C14H16N2O5. The molecule has 0 aromatic heterocycles. The van der Waals surface area contributed by atoms with Crippen molar-refractivity contribution in [1.82, 2.24) is 5.32 Å². The predicted molar refractivity (Wildman–Crippen MR) is 74.3 cm³/mol. The van der Waals surface area contributed by atoms with Gasteiger partial charge in [-0.3, -0.25) is 14.4 Å². The van der Waals surface area contributed by atoms with E-state index < -0.39 is 11.9 Å². The van der Waals surface area contributed by atoms with Crippen molar-refractivity contribution in [2.24, 2.45) is 5.92 Å². The summed E-state index contributed by atoms with van der Waals surface area (Å²) in [6.45, 7) is 1.79. The van der Waals surface area contributed by atoms with Crippen LogP contribution in [0, 0.1) is 5.92 Å². The quantitative estimate of drug-likeness (QED) is 0.746. The highest BCUT2D eigenvalue weighted by molar-refractivity contribution is 5.98. The maximum absolute atomic E-state index is 11.9. The minimum Gasteiger partial charge on any atom is -0.482 e. The van der Waals surface area contributed by atoms with Crippen molar-refractivity contribution in [1.29, 1.82) is 0 Å². The molecule has 0 radical (unpaired) electrons. The minimum atomic E-state index is -0.887. The zero-order valence-electron chi connectivity index (χ0n) is 11.5. The number of carboxylic acids is 1. The van der Waals surface area contributed by atoms with Crippen LogP contribution in [0.15, 0.2) is 18.2 Å². The Morgan fingerprint density at radius 3 is 2.95 bits per heavy atom. The Morgan fingerprint density at radius 1 is 1.48 bits per heavy atom. The number of nitrogens with one attached hydrogen (secondary N) is 2. The van der Waals surface area contributed by atoms with E-state index in [0.717, 1.165) is 0 Å². The first kappa shape index (κ1) is 14.8. The van der Waals surface area contributed by atoms with Crippen molar-refractivity contribution in [3.05, 3.63) is 23.8 Å². The van der Waals surface area contributed by atoms with E-state index in [1.807, 2.05) is 0 Å². The van der Waals surface area contributed by atoms with Gasteiger partial charge in [-0.15, -0.1) is 0 Å². The van der Waals surface area contributed by atoms with Gasteiger partial charge in [0.1, 0.15) is 5.75 Å². The second-order valence-electron chi connectivity index (χ2n) is 4.83. The third kappa shape index (κ3) is 3.71. The van der Waals surface area contributed by atoms with Crippen LogP contribution in [-0.4, -0.2) is 36.0 Å². The first-order valence-corrected chi connectivity index (χ1v) is 6.55. The van der Waals surface area contributed by atoms with Crippen LogP contribution < -0.4 is 15.4 Å². The fourth-order valence-corrected chi connectivity index (χ4v) is 1.84. The van der Waals surface area contributed by atoms with E-state index >= 15 is 0 Å². The molecule has 3 N–H and O–H groups in total. The Hall–Kier alpha value is -2.57. The lowest BCUT2D eigenvalue weighted by Crippen LogP contribution is -2.28. The molecule has 0 aliphatic carbocycles. The van der Waals surface area contributed by atoms with Crippen LogP contribution in [0.1, 0.15) is 23.7 Å². The molecule has 21 heavy (non-hydrogen) atoms. The Balaban J connectivity index is 1.94. The van der Waals surface area contributed by atoms with E-state index in [4.69, 9.17) is 9.84 Å². The second-order valence-corrected chi connectivity index (χ2v) is 4.83. The Labute approximate surface area is 121 Å². The molecule has 1 atom stereocenters. The maximum atomic E-state index is 11.9. The molecule has 1 aromatic rings. The Bertz CT molecular complexity index is 585. The number of ether oxygens (including phenoxy) is 1. The van der Waals surface area contributed by atoms with E-state index in [9.17, 15) is 14.4 Å². The molecule has 2 amide bonds. The minimum absolute atomic E-state index is 0.0752. The lowest BCUT2D eigenvalue weighted by atomic mass is 10.1. The molecule has 1 aliphatic heterocycles. The molecule has 0 saturated heterocycles. The van der Waals surface area contributed by atoms with Crippen LogP contribution in [0.4, 0.5) is 5.69 Å². The van der Waals surface area contributed by atoms with Gasteiger partial charge in [-0.05, 0) is 24.6 Å². The summed E-state index contributed by atoms with van der Waals surface area (Å²) in [6.07, 6.45) is 0.360. The SMILES string of the molecule is CC(CCNC(=O)c1ccc2c(c1)OCC(=O)N2)C(=O)O. The van der Waals surface area contributed by atoms with Crippen LogP contribution in [-0.2, 0) is 9.59 Å². The topological polar surface area (TPSA) is 105 Å². The summed E-state index contributed by atoms with van der Waals surface area (Å²) in [5.41, 5.74) is 0.926. The molecule has 1 aromatic carbocycles. The summed E-state index contributed by atoms with van der Waals surface area (Å²) in [4.78, 5) is 33.8. The van der Waals surface area contributed by atoms with Crippen LogP contribution >= 0.6 is 0 Å². The normalized spacial score (nSPS) is 14.4. The monoisotopic (exact) mass is 292 g/mol. The highest BCUT2D eigenvalue weighted by atomic mass is 16.5. The number of hydrogen-bond donors (Lipinski definition) is 3. The number of amides is 2. The van der Waals surface area contributed by atoms with Crippen LogP contribution in [0.2, 0.25) is 0 Å². The largest absolute Gasteiger partial charge is 0.482 e. The average molecular weight is 292 g/mol. The first-order chi connectivity index (χ1) is 9.97. The van der Waals surface area contributed by atoms with Gasteiger partial charge in [-0.2, -0.15) is 0 Å². The number of carbonyl (C=O) groups excluding carboxylic acids is 2. The zero-order valence-corrected chi connectivity index (χ0v) is 11.5. The van der Waals surface area contributed by atoms with Crippen molar-refractivity contribution in [2.45, 2.75) is 13.3 Å². The van der Waals surface area contributed by atoms with Gasteiger partial charge in [0.15, 0.2) is 6.61 Å². The number of benzene rings is 1. The molecule has 0 bridgehead atoms. The number of carbonyl (C=O) groups is 3. The van der Waals surface area contributed by atoms with Gasteiger partial charge >= 0.3 is 5.97 Å². The van der Waals surface area contributed by atoms with E-state index in [1.165, 1.54) is 0 Å². The summed E-state index contributed by atoms with van der Waals surface area (Å²) < 4.78 is 5.23. The van der Waals surface area contributed by atoms with Crippen molar-refractivity contribution < 1.29 is 24.2 Å². The molecule has 1 aliphatic rings. The highest BCUT2D eigenvalue weighted by Gasteiger charge is 2.18. The van der Waals surface area contributed by atoms with Gasteiger partial charge < -0.3 is 20.5 Å². The molecule has 7 nitrogen and oxygen atoms in total. The molecule has 1 heterocycles. The molecular weight excluding hydrogens is 276 g/mol. The average Bonchev–Trinajstić information content (AvgIpc) is 2.46. The van der Waals surface area contributed by atoms with Gasteiger partial charge in [-0.25, -0.2) is 0 Å². The van der Waals surface area contributed by atoms with Gasteiger partial charge in [0, 0.05) is 12.1 Å². The smallest absolute Gasteiger partial charge is 0.306 e. The fraction of sp³-hybridized carbons (Fsp3) is 0.357. The number of anilines is 1. The van der Waals surface area contributed by atoms with Crippen molar-refractivity contribution >= 4 is 23.5 Å². The van der Waals surface area contributed by atoms with Gasteiger partial charge in [0.2, 0.25) is 0 Å². The predicted octanol–water partition coefficient (Wildman–Crippen LogP) is 0.858. The number of aliphatic carboxylic acids is 1. The fourth-order valence-electron chi connectivity index (χ4n) is 1.84. The molecule has 1 unspecified atom stereocenters. The molecule has 0 saturated carbocycles. The number of rotatable bonds is 5. The van der Waals surface area contributed by atoms with Gasteiger partial charge in [0.05, 0.1) is 11.6 Å². The highest BCUT2D eigenvalue weighted by Crippen LogP contribution is 2.28. The van der Waals surface area contributed by atoms with Crippen LogP contribution in [0.5, 0.6) is 5.75 Å². The second kappa shape index (κ2) is 6.25. The molecule has 7 heteroatoms. The van der Waals surface area contributed by atoms with E-state index in [2.05, 4.69) is 10.6 Å². The van der Waals surface area contributed by atoms with E-state index in [-0.39, 0.29) is 25.0 Å². The molecule has 112 valence electrons. The standard InChI is InChI=1S/C14H16N2O5/c1-8(14(19)20)4-5-15-13(18)9-2-3-10-11(6-9)21-7-12(17)16-10/h2-3,6,8H,4-5,7H2,1H3,(H,15,18)(H,16,17)(H,19,20). The summed E-state index contributed by atoms with van der Waals surface area (Å²) in [5, 5.41) is 14.0. The summed E-state index contributed by atoms with van der Waals surface area (Å²) in [7, 11) is 0. The lowest BCUT2D eigenvalue weighted by Gasteiger charge is -2.18. The number of hydrogen-bond acceptors (Lipinski definition) is 4. The third-order valence-corrected chi connectivity index (χ3v) is 3.16.